The van der Waals surface area contributed by atoms with Crippen molar-refractivity contribution in [2.24, 2.45) is 5.92 Å². The van der Waals surface area contributed by atoms with Crippen LogP contribution in [-0.4, -0.2) is 34.6 Å². The van der Waals surface area contributed by atoms with Crippen molar-refractivity contribution in [2.75, 3.05) is 17.3 Å². The standard InChI is InChI=1S/C34H30F3N3O5S2/c1-33(2,3)19-10-8-18(9-11-19)25-26-27(30(43)40(29(26)42)22-12-14-23(45-4)15-13-22)46-31-28(25)47-32(44)39(31)17-24(41)38-21-7-5-6-20(16-21)34(35,36)37/h5-16,25-27H,17H2,1-4H3,(H,38,41)/t25-,26?,27?/m1/s1. The van der Waals surface area contributed by atoms with Gasteiger partial charge >= 0.3 is 11.0 Å². The molecular weight excluding hydrogens is 652 g/mol. The number of thioether (sulfide) groups is 1. The third kappa shape index (κ3) is 6.09. The lowest BCUT2D eigenvalue weighted by atomic mass is 9.81. The number of fused-ring (bicyclic) bond motifs is 2. The number of carbonyl (C=O) groups is 3. The van der Waals surface area contributed by atoms with Crippen LogP contribution in [0.4, 0.5) is 24.5 Å². The van der Waals surface area contributed by atoms with Crippen LogP contribution in [-0.2, 0) is 32.5 Å². The Morgan fingerprint density at radius 2 is 1.60 bits per heavy atom. The fraction of sp³-hybridized carbons (Fsp3) is 0.294. The molecule has 0 radical (unpaired) electrons. The van der Waals surface area contributed by atoms with Crippen LogP contribution < -0.4 is 19.8 Å². The number of imide groups is 1. The van der Waals surface area contributed by atoms with Crippen LogP contribution in [0.3, 0.4) is 0 Å². The Bertz CT molecular complexity index is 1930. The van der Waals surface area contributed by atoms with Crippen LogP contribution in [0.2, 0.25) is 0 Å². The minimum Gasteiger partial charge on any atom is -0.497 e. The molecule has 3 aromatic carbocycles. The number of alkyl halides is 3. The van der Waals surface area contributed by atoms with Crippen molar-refractivity contribution in [3.05, 3.63) is 104 Å². The van der Waals surface area contributed by atoms with Crippen LogP contribution in [0.5, 0.6) is 5.75 Å². The first-order valence-corrected chi connectivity index (χ1v) is 16.4. The Hall–Kier alpha value is -4.36. The van der Waals surface area contributed by atoms with Crippen molar-refractivity contribution in [3.63, 3.8) is 0 Å². The van der Waals surface area contributed by atoms with E-state index in [1.54, 1.807) is 24.3 Å². The summed E-state index contributed by atoms with van der Waals surface area (Å²) in [5.74, 6) is -2.48. The van der Waals surface area contributed by atoms with E-state index in [2.05, 4.69) is 26.1 Å². The first kappa shape index (κ1) is 32.6. The average Bonchev–Trinajstić information content (AvgIpc) is 3.46. The smallest absolute Gasteiger partial charge is 0.416 e. The highest BCUT2D eigenvalue weighted by Gasteiger charge is 2.56. The van der Waals surface area contributed by atoms with Gasteiger partial charge < -0.3 is 10.1 Å². The maximum Gasteiger partial charge on any atom is 0.416 e. The Morgan fingerprint density at radius 3 is 2.21 bits per heavy atom. The molecule has 3 amide bonds. The third-order valence-electron chi connectivity index (χ3n) is 8.29. The zero-order valence-corrected chi connectivity index (χ0v) is 27.4. The van der Waals surface area contributed by atoms with Crippen molar-refractivity contribution >= 4 is 52.2 Å². The summed E-state index contributed by atoms with van der Waals surface area (Å²) in [6.45, 7) is 5.74. The number of hydrogen-bond acceptors (Lipinski definition) is 7. The van der Waals surface area contributed by atoms with Crippen LogP contribution >= 0.6 is 23.1 Å². The molecule has 2 aliphatic rings. The first-order chi connectivity index (χ1) is 22.2. The molecule has 0 saturated carbocycles. The van der Waals surface area contributed by atoms with Crippen LogP contribution in [0, 0.1) is 5.92 Å². The first-order valence-electron chi connectivity index (χ1n) is 14.7. The molecule has 4 aromatic rings. The predicted molar refractivity (Wildman–Crippen MR) is 174 cm³/mol. The van der Waals surface area contributed by atoms with E-state index >= 15 is 0 Å². The number of amides is 3. The third-order valence-corrected chi connectivity index (χ3v) is 10.9. The summed E-state index contributed by atoms with van der Waals surface area (Å²) in [5, 5.41) is 1.93. The van der Waals surface area contributed by atoms with E-state index in [1.165, 1.54) is 23.8 Å². The number of anilines is 2. The van der Waals surface area contributed by atoms with E-state index in [0.717, 1.165) is 51.3 Å². The van der Waals surface area contributed by atoms with Gasteiger partial charge in [0.25, 0.3) is 0 Å². The fourth-order valence-electron chi connectivity index (χ4n) is 5.91. The van der Waals surface area contributed by atoms with Gasteiger partial charge in [-0.2, -0.15) is 13.2 Å². The zero-order chi connectivity index (χ0) is 33.8. The van der Waals surface area contributed by atoms with Crippen LogP contribution in [0.15, 0.2) is 82.6 Å². The summed E-state index contributed by atoms with van der Waals surface area (Å²) in [6.07, 6.45) is -4.59. The lowest BCUT2D eigenvalue weighted by Gasteiger charge is -2.31. The Labute approximate surface area is 276 Å². The molecule has 2 aliphatic heterocycles. The highest BCUT2D eigenvalue weighted by molar-refractivity contribution is 8.00. The number of nitrogens with one attached hydrogen (secondary N) is 1. The van der Waals surface area contributed by atoms with E-state index in [9.17, 15) is 32.3 Å². The Balaban J connectivity index is 1.39. The molecule has 244 valence electrons. The highest BCUT2D eigenvalue weighted by atomic mass is 32.2. The molecule has 0 spiro atoms. The average molecular weight is 682 g/mol. The second-order valence-corrected chi connectivity index (χ2v) is 14.5. The summed E-state index contributed by atoms with van der Waals surface area (Å²) < 4.78 is 46.1. The molecule has 3 heterocycles. The second kappa shape index (κ2) is 12.0. The molecule has 1 fully saturated rings. The molecule has 6 rings (SSSR count). The number of nitrogens with zero attached hydrogens (tertiary/aromatic N) is 2. The number of thiazole rings is 1. The number of carbonyl (C=O) groups excluding carboxylic acids is 3. The van der Waals surface area contributed by atoms with Gasteiger partial charge in [-0.25, -0.2) is 4.90 Å². The molecule has 3 atom stereocenters. The number of halogens is 3. The minimum atomic E-state index is -4.59. The van der Waals surface area contributed by atoms with Gasteiger partial charge in [0, 0.05) is 16.5 Å². The fourth-order valence-corrected chi connectivity index (χ4v) is 8.68. The highest BCUT2D eigenvalue weighted by Crippen LogP contribution is 2.54. The summed E-state index contributed by atoms with van der Waals surface area (Å²) in [6, 6.07) is 18.6. The van der Waals surface area contributed by atoms with E-state index in [4.69, 9.17) is 4.74 Å². The molecular formula is C34H30F3N3O5S2. The quantitative estimate of drug-likeness (QED) is 0.229. The van der Waals surface area contributed by atoms with E-state index in [-0.39, 0.29) is 11.1 Å². The van der Waals surface area contributed by atoms with Gasteiger partial charge in [-0.1, -0.05) is 74.2 Å². The molecule has 47 heavy (non-hydrogen) atoms. The Morgan fingerprint density at radius 1 is 0.915 bits per heavy atom. The molecule has 1 N–H and O–H groups in total. The van der Waals surface area contributed by atoms with Crippen molar-refractivity contribution in [1.82, 2.24) is 4.57 Å². The molecule has 8 nitrogen and oxygen atoms in total. The lowest BCUT2D eigenvalue weighted by Crippen LogP contribution is -2.33. The molecule has 1 saturated heterocycles. The second-order valence-electron chi connectivity index (χ2n) is 12.4. The molecule has 0 bridgehead atoms. The minimum absolute atomic E-state index is 0.0711. The summed E-state index contributed by atoms with van der Waals surface area (Å²) in [4.78, 5) is 55.9. The number of methoxy groups -OCH3 is 1. The maximum absolute atomic E-state index is 14.1. The number of rotatable bonds is 6. The van der Waals surface area contributed by atoms with Gasteiger partial charge in [0.05, 0.1) is 29.3 Å². The summed E-state index contributed by atoms with van der Waals surface area (Å²) in [7, 11) is 1.51. The number of hydrogen-bond donors (Lipinski definition) is 1. The topological polar surface area (TPSA) is 97.7 Å². The molecule has 1 aromatic heterocycles. The van der Waals surface area contributed by atoms with Gasteiger partial charge in [0.15, 0.2) is 0 Å². The number of benzene rings is 3. The zero-order valence-electron chi connectivity index (χ0n) is 25.8. The van der Waals surface area contributed by atoms with Crippen molar-refractivity contribution in [2.45, 2.75) is 55.1 Å². The van der Waals surface area contributed by atoms with Gasteiger partial charge in [-0.15, -0.1) is 0 Å². The normalized spacial score (nSPS) is 19.4. The van der Waals surface area contributed by atoms with Crippen LogP contribution in [0.25, 0.3) is 0 Å². The van der Waals surface area contributed by atoms with Crippen molar-refractivity contribution in [3.8, 4) is 5.75 Å². The summed E-state index contributed by atoms with van der Waals surface area (Å²) in [5.41, 5.74) is 1.06. The maximum atomic E-state index is 14.1. The SMILES string of the molecule is COc1ccc(N2C(=O)C3Sc4c(sc(=O)n4CC(=O)Nc4cccc(C(F)(F)F)c4)[C@H](c4ccc(C(C)(C)C)cc4)C3C2=O)cc1. The van der Waals surface area contributed by atoms with E-state index < -0.39 is 58.0 Å². The number of aromatic nitrogens is 1. The monoisotopic (exact) mass is 681 g/mol. The molecule has 2 unspecified atom stereocenters. The lowest BCUT2D eigenvalue weighted by molar-refractivity contribution is -0.137. The largest absolute Gasteiger partial charge is 0.497 e. The van der Waals surface area contributed by atoms with E-state index in [1.807, 2.05) is 24.3 Å². The van der Waals surface area contributed by atoms with Crippen molar-refractivity contribution in [1.29, 1.82) is 0 Å². The predicted octanol–water partition coefficient (Wildman–Crippen LogP) is 6.67. The van der Waals surface area contributed by atoms with Crippen molar-refractivity contribution < 1.29 is 32.3 Å². The van der Waals surface area contributed by atoms with Crippen LogP contribution in [0.1, 0.15) is 48.3 Å². The van der Waals surface area contributed by atoms with Gasteiger partial charge in [-0.3, -0.25) is 23.7 Å². The Kier molecular flexibility index (Phi) is 8.33. The summed E-state index contributed by atoms with van der Waals surface area (Å²) >= 11 is 1.96. The van der Waals surface area contributed by atoms with E-state index in [0.29, 0.717) is 21.3 Å². The van der Waals surface area contributed by atoms with Gasteiger partial charge in [0.1, 0.15) is 17.5 Å². The van der Waals surface area contributed by atoms with Gasteiger partial charge in [-0.05, 0) is 59.0 Å². The molecule has 0 aliphatic carbocycles. The van der Waals surface area contributed by atoms with Gasteiger partial charge in [0.2, 0.25) is 17.7 Å². The molecule has 13 heteroatoms. The number of ether oxygens (including phenoxy) is 1.